The van der Waals surface area contributed by atoms with Crippen LogP contribution in [-0.4, -0.2) is 4.98 Å². The Morgan fingerprint density at radius 1 is 1.88 bits per heavy atom. The molecule has 1 aromatic heterocycles. The zero-order valence-electron chi connectivity index (χ0n) is 4.29. The summed E-state index contributed by atoms with van der Waals surface area (Å²) in [5.74, 6) is 0. The Morgan fingerprint density at radius 2 is 2.62 bits per heavy atom. The average Bonchev–Trinajstić information content (AvgIpc) is 2.12. The predicted molar refractivity (Wildman–Crippen MR) is 35.3 cm³/mol. The lowest BCUT2D eigenvalue weighted by Gasteiger charge is -1.86. The molecule has 0 bridgehead atoms. The first-order valence-electron chi connectivity index (χ1n) is 2.13. The quantitative estimate of drug-likeness (QED) is 0.611. The third-order valence-electron chi connectivity index (χ3n) is 0.761. The highest BCUT2D eigenvalue weighted by Gasteiger charge is 1.91. The van der Waals surface area contributed by atoms with Crippen LogP contribution in [0.5, 0.6) is 0 Å². The Balaban J connectivity index is 2.93. The highest BCUT2D eigenvalue weighted by Crippen LogP contribution is 2.05. The molecule has 0 atom stereocenters. The van der Waals surface area contributed by atoms with E-state index >= 15 is 0 Å². The number of nitrogens with zero attached hydrogens (tertiary/aromatic N) is 1. The van der Waals surface area contributed by atoms with Gasteiger partial charge in [-0.15, -0.1) is 11.3 Å². The summed E-state index contributed by atoms with van der Waals surface area (Å²) >= 11 is 1.52. The average molecular weight is 126 g/mol. The van der Waals surface area contributed by atoms with E-state index in [0.717, 1.165) is 5.69 Å². The number of thiazole rings is 1. The van der Waals surface area contributed by atoms with Crippen molar-refractivity contribution < 1.29 is 0 Å². The van der Waals surface area contributed by atoms with Crippen LogP contribution in [0.15, 0.2) is 17.5 Å². The van der Waals surface area contributed by atoms with E-state index in [0.29, 0.717) is 5.70 Å². The normalized spacial score (nSPS) is 9.00. The number of hydrogen-bond donors (Lipinski definition) is 1. The van der Waals surface area contributed by atoms with E-state index in [1.165, 1.54) is 11.3 Å². The Labute approximate surface area is 51.7 Å². The standard InChI is InChI=1S/C5H6N2S/c1-4(6)5-2-8-3-7-5/h2-3H,1,6H2. The molecule has 0 amide bonds. The van der Waals surface area contributed by atoms with Crippen LogP contribution in [0.2, 0.25) is 0 Å². The molecule has 0 saturated carbocycles. The van der Waals surface area contributed by atoms with Gasteiger partial charge in [-0.2, -0.15) is 0 Å². The second-order valence-corrected chi connectivity index (χ2v) is 2.12. The molecule has 2 nitrogen and oxygen atoms in total. The first-order chi connectivity index (χ1) is 3.80. The number of nitrogens with two attached hydrogens (primary N) is 1. The molecule has 0 spiro atoms. The first kappa shape index (κ1) is 5.31. The van der Waals surface area contributed by atoms with Gasteiger partial charge in [0.1, 0.15) is 0 Å². The molecule has 0 saturated heterocycles. The van der Waals surface area contributed by atoms with E-state index in [4.69, 9.17) is 5.73 Å². The molecule has 0 aliphatic carbocycles. The van der Waals surface area contributed by atoms with Gasteiger partial charge >= 0.3 is 0 Å². The van der Waals surface area contributed by atoms with Crippen LogP contribution in [0.4, 0.5) is 0 Å². The maximum Gasteiger partial charge on any atom is 0.0961 e. The van der Waals surface area contributed by atoms with Gasteiger partial charge in [0.25, 0.3) is 0 Å². The third-order valence-corrected chi connectivity index (χ3v) is 1.35. The molecule has 0 aromatic carbocycles. The van der Waals surface area contributed by atoms with Crippen molar-refractivity contribution in [3.63, 3.8) is 0 Å². The van der Waals surface area contributed by atoms with Gasteiger partial charge in [-0.05, 0) is 0 Å². The molecular weight excluding hydrogens is 120 g/mol. The number of rotatable bonds is 1. The lowest BCUT2D eigenvalue weighted by Crippen LogP contribution is -1.92. The zero-order chi connectivity index (χ0) is 5.98. The van der Waals surface area contributed by atoms with Gasteiger partial charge in [-0.25, -0.2) is 4.98 Å². The van der Waals surface area contributed by atoms with Gasteiger partial charge in [-0.3, -0.25) is 0 Å². The van der Waals surface area contributed by atoms with E-state index in [1.807, 2.05) is 5.38 Å². The van der Waals surface area contributed by atoms with Gasteiger partial charge in [0, 0.05) is 5.38 Å². The molecule has 0 aliphatic rings. The lowest BCUT2D eigenvalue weighted by atomic mass is 10.4. The second-order valence-electron chi connectivity index (χ2n) is 1.40. The second kappa shape index (κ2) is 1.96. The van der Waals surface area contributed by atoms with Gasteiger partial charge in [-0.1, -0.05) is 6.58 Å². The molecular formula is C5H6N2S. The number of hydrogen-bond acceptors (Lipinski definition) is 3. The van der Waals surface area contributed by atoms with Crippen molar-refractivity contribution in [2.75, 3.05) is 0 Å². The van der Waals surface area contributed by atoms with Gasteiger partial charge in [0.05, 0.1) is 16.9 Å². The van der Waals surface area contributed by atoms with Crippen LogP contribution in [0.25, 0.3) is 5.70 Å². The molecule has 2 N–H and O–H groups in total. The molecule has 3 heteroatoms. The summed E-state index contributed by atoms with van der Waals surface area (Å²) in [5, 5.41) is 1.86. The minimum Gasteiger partial charge on any atom is -0.397 e. The minimum absolute atomic E-state index is 0.534. The number of aromatic nitrogens is 1. The van der Waals surface area contributed by atoms with E-state index < -0.39 is 0 Å². The van der Waals surface area contributed by atoms with Gasteiger partial charge in [0.15, 0.2) is 0 Å². The Hall–Kier alpha value is -0.830. The minimum atomic E-state index is 0.534. The molecule has 1 rings (SSSR count). The van der Waals surface area contributed by atoms with E-state index in [1.54, 1.807) is 5.51 Å². The first-order valence-corrected chi connectivity index (χ1v) is 3.08. The van der Waals surface area contributed by atoms with Gasteiger partial charge in [0.2, 0.25) is 0 Å². The summed E-state index contributed by atoms with van der Waals surface area (Å²) in [5.41, 5.74) is 8.36. The summed E-state index contributed by atoms with van der Waals surface area (Å²) in [7, 11) is 0. The Kier molecular flexibility index (Phi) is 1.30. The lowest BCUT2D eigenvalue weighted by molar-refractivity contribution is 1.33. The fourth-order valence-corrected chi connectivity index (χ4v) is 0.948. The molecule has 0 radical (unpaired) electrons. The summed E-state index contributed by atoms with van der Waals surface area (Å²) in [4.78, 5) is 3.91. The van der Waals surface area contributed by atoms with Crippen molar-refractivity contribution in [3.05, 3.63) is 23.2 Å². The SMILES string of the molecule is C=C(N)c1cscn1. The molecule has 0 fully saturated rings. The third kappa shape index (κ3) is 0.869. The maximum atomic E-state index is 5.31. The van der Waals surface area contributed by atoms with Crippen LogP contribution in [0, 0.1) is 0 Å². The van der Waals surface area contributed by atoms with Crippen LogP contribution < -0.4 is 5.73 Å². The van der Waals surface area contributed by atoms with Crippen molar-refractivity contribution in [2.45, 2.75) is 0 Å². The Morgan fingerprint density at radius 3 is 2.88 bits per heavy atom. The van der Waals surface area contributed by atoms with Crippen molar-refractivity contribution in [1.82, 2.24) is 4.98 Å². The van der Waals surface area contributed by atoms with Crippen molar-refractivity contribution in [3.8, 4) is 0 Å². The fraction of sp³-hybridized carbons (Fsp3) is 0. The van der Waals surface area contributed by atoms with E-state index in [-0.39, 0.29) is 0 Å². The fourth-order valence-electron chi connectivity index (χ4n) is 0.371. The molecule has 42 valence electrons. The van der Waals surface area contributed by atoms with Crippen LogP contribution in [0.3, 0.4) is 0 Å². The monoisotopic (exact) mass is 126 g/mol. The molecule has 1 heterocycles. The van der Waals surface area contributed by atoms with E-state index in [2.05, 4.69) is 11.6 Å². The summed E-state index contributed by atoms with van der Waals surface area (Å²) in [6, 6.07) is 0. The summed E-state index contributed by atoms with van der Waals surface area (Å²) < 4.78 is 0. The predicted octanol–water partition coefficient (Wildman–Crippen LogP) is 1.07. The van der Waals surface area contributed by atoms with E-state index in [9.17, 15) is 0 Å². The van der Waals surface area contributed by atoms with Crippen molar-refractivity contribution >= 4 is 17.0 Å². The largest absolute Gasteiger partial charge is 0.397 e. The topological polar surface area (TPSA) is 38.9 Å². The zero-order valence-corrected chi connectivity index (χ0v) is 5.11. The van der Waals surface area contributed by atoms with Gasteiger partial charge < -0.3 is 5.73 Å². The van der Waals surface area contributed by atoms with Crippen molar-refractivity contribution in [2.24, 2.45) is 5.73 Å². The summed E-state index contributed by atoms with van der Waals surface area (Å²) in [6.07, 6.45) is 0. The molecule has 1 aromatic rings. The Bertz CT molecular complexity index is 178. The molecule has 8 heavy (non-hydrogen) atoms. The molecule has 0 unspecified atom stereocenters. The highest BCUT2D eigenvalue weighted by molar-refractivity contribution is 7.07. The molecule has 0 aliphatic heterocycles. The highest BCUT2D eigenvalue weighted by atomic mass is 32.1. The maximum absolute atomic E-state index is 5.31. The van der Waals surface area contributed by atoms with Crippen LogP contribution >= 0.6 is 11.3 Å². The summed E-state index contributed by atoms with van der Waals surface area (Å²) in [6.45, 7) is 3.52. The van der Waals surface area contributed by atoms with Crippen molar-refractivity contribution in [1.29, 1.82) is 0 Å². The van der Waals surface area contributed by atoms with Crippen LogP contribution in [-0.2, 0) is 0 Å². The van der Waals surface area contributed by atoms with Crippen LogP contribution in [0.1, 0.15) is 5.69 Å². The smallest absolute Gasteiger partial charge is 0.0961 e.